The van der Waals surface area contributed by atoms with E-state index in [0.29, 0.717) is 12.5 Å². The minimum atomic E-state index is -4.09. The Morgan fingerprint density at radius 3 is 2.36 bits per heavy atom. The van der Waals surface area contributed by atoms with Crippen LogP contribution in [0.2, 0.25) is 0 Å². The summed E-state index contributed by atoms with van der Waals surface area (Å²) >= 11 is 0. The molecule has 6 heteroatoms. The maximum atomic E-state index is 10.2. The van der Waals surface area contributed by atoms with Gasteiger partial charge in [0.2, 0.25) is 0 Å². The first kappa shape index (κ1) is 11.1. The van der Waals surface area contributed by atoms with Gasteiger partial charge in [0.05, 0.1) is 0 Å². The molecule has 0 spiro atoms. The predicted molar refractivity (Wildman–Crippen MR) is 42.6 cm³/mol. The van der Waals surface area contributed by atoms with Crippen LogP contribution >= 0.6 is 7.75 Å². The molecule has 0 radical (unpaired) electrons. The van der Waals surface area contributed by atoms with Gasteiger partial charge in [0.1, 0.15) is 0 Å². The number of hydrogen-bond acceptors (Lipinski definition) is 2. The van der Waals surface area contributed by atoms with Crippen molar-refractivity contribution in [3.8, 4) is 0 Å². The van der Waals surface area contributed by atoms with Crippen molar-refractivity contribution in [2.45, 2.75) is 20.3 Å². The molecule has 0 saturated carbocycles. The van der Waals surface area contributed by atoms with E-state index in [9.17, 15) is 4.57 Å². The number of rotatable bonds is 5. The molecule has 0 amide bonds. The van der Waals surface area contributed by atoms with Crippen LogP contribution in [0.25, 0.3) is 0 Å². The molecule has 0 aromatic rings. The summed E-state index contributed by atoms with van der Waals surface area (Å²) in [5.74, 6) is 0.529. The second kappa shape index (κ2) is 4.85. The Balaban J connectivity index is 3.22. The molecule has 0 aliphatic rings. The van der Waals surface area contributed by atoms with Crippen LogP contribution in [0, 0.1) is 5.92 Å². The van der Waals surface area contributed by atoms with Gasteiger partial charge in [-0.15, -0.1) is 0 Å². The molecule has 0 atom stereocenters. The van der Waals surface area contributed by atoms with E-state index < -0.39 is 7.75 Å². The topological polar surface area (TPSA) is 81.6 Å². The number of hydrogen-bond donors (Lipinski definition) is 4. The summed E-state index contributed by atoms with van der Waals surface area (Å²) in [6, 6.07) is 0. The molecule has 0 fully saturated rings. The lowest BCUT2D eigenvalue weighted by Gasteiger charge is -2.08. The Morgan fingerprint density at radius 1 is 1.45 bits per heavy atom. The molecular formula is C5H15N2O3P. The van der Waals surface area contributed by atoms with Gasteiger partial charge in [-0.05, 0) is 12.3 Å². The summed E-state index contributed by atoms with van der Waals surface area (Å²) in [5, 5.41) is 1.89. The monoisotopic (exact) mass is 182 g/mol. The summed E-state index contributed by atoms with van der Waals surface area (Å²) in [5.41, 5.74) is 2.44. The van der Waals surface area contributed by atoms with Crippen molar-refractivity contribution in [2.24, 2.45) is 5.92 Å². The zero-order valence-corrected chi connectivity index (χ0v) is 7.64. The van der Waals surface area contributed by atoms with Gasteiger partial charge in [0.15, 0.2) is 0 Å². The van der Waals surface area contributed by atoms with Crippen molar-refractivity contribution < 1.29 is 14.4 Å². The highest BCUT2D eigenvalue weighted by Gasteiger charge is 2.09. The van der Waals surface area contributed by atoms with E-state index in [0.717, 1.165) is 6.42 Å². The lowest BCUT2D eigenvalue weighted by atomic mass is 10.1. The molecule has 4 N–H and O–H groups in total. The number of nitrogens with one attached hydrogen (secondary N) is 2. The maximum Gasteiger partial charge on any atom is 0.413 e. The molecule has 5 nitrogen and oxygen atoms in total. The molecule has 0 aliphatic heterocycles. The Kier molecular flexibility index (Phi) is 4.88. The van der Waals surface area contributed by atoms with Crippen molar-refractivity contribution >= 4 is 7.75 Å². The van der Waals surface area contributed by atoms with Crippen molar-refractivity contribution in [3.05, 3.63) is 0 Å². The SMILES string of the molecule is CC(C)CCNNP(=O)(O)O. The summed E-state index contributed by atoms with van der Waals surface area (Å²) in [6.07, 6.45) is 0.882. The maximum absolute atomic E-state index is 10.2. The molecule has 0 heterocycles. The third-order valence-electron chi connectivity index (χ3n) is 1.07. The smallest absolute Gasteiger partial charge is 0.312 e. The third kappa shape index (κ3) is 10.1. The fraction of sp³-hybridized carbons (Fsp3) is 1.00. The lowest BCUT2D eigenvalue weighted by Crippen LogP contribution is -2.30. The van der Waals surface area contributed by atoms with Crippen molar-refractivity contribution in [3.63, 3.8) is 0 Å². The Bertz CT molecular complexity index is 145. The molecule has 0 unspecified atom stereocenters. The fourth-order valence-corrected chi connectivity index (χ4v) is 0.838. The molecule has 0 aliphatic carbocycles. The summed E-state index contributed by atoms with van der Waals surface area (Å²) in [4.78, 5) is 16.6. The summed E-state index contributed by atoms with van der Waals surface area (Å²) < 4.78 is 10.2. The van der Waals surface area contributed by atoms with E-state index in [1.807, 2.05) is 19.0 Å². The van der Waals surface area contributed by atoms with Gasteiger partial charge in [-0.3, -0.25) is 0 Å². The lowest BCUT2D eigenvalue weighted by molar-refractivity contribution is 0.343. The van der Waals surface area contributed by atoms with Crippen LogP contribution in [0.5, 0.6) is 0 Å². The van der Waals surface area contributed by atoms with Crippen molar-refractivity contribution in [1.82, 2.24) is 10.6 Å². The number of hydrazine groups is 1. The van der Waals surface area contributed by atoms with E-state index in [1.165, 1.54) is 0 Å². The van der Waals surface area contributed by atoms with E-state index in [-0.39, 0.29) is 0 Å². The molecule has 0 aromatic carbocycles. The van der Waals surface area contributed by atoms with E-state index >= 15 is 0 Å². The van der Waals surface area contributed by atoms with Gasteiger partial charge in [-0.25, -0.2) is 9.99 Å². The highest BCUT2D eigenvalue weighted by molar-refractivity contribution is 7.49. The van der Waals surface area contributed by atoms with Crippen molar-refractivity contribution in [1.29, 1.82) is 0 Å². The van der Waals surface area contributed by atoms with E-state index in [1.54, 1.807) is 0 Å². The first-order valence-electron chi connectivity index (χ1n) is 3.47. The van der Waals surface area contributed by atoms with Gasteiger partial charge in [0, 0.05) is 6.54 Å². The van der Waals surface area contributed by atoms with Crippen molar-refractivity contribution in [2.75, 3.05) is 6.54 Å². The highest BCUT2D eigenvalue weighted by Crippen LogP contribution is 2.25. The minimum Gasteiger partial charge on any atom is -0.312 e. The average molecular weight is 182 g/mol. The van der Waals surface area contributed by atoms with Crippen LogP contribution in [0.4, 0.5) is 0 Å². The minimum absolute atomic E-state index is 0.529. The standard InChI is InChI=1S/C5H15N2O3P/c1-5(2)3-4-6-7-11(8,9)10/h5-6H,3-4H2,1-2H3,(H3,7,8,9,10). The van der Waals surface area contributed by atoms with Crippen LogP contribution in [0.3, 0.4) is 0 Å². The zero-order valence-electron chi connectivity index (χ0n) is 6.74. The highest BCUT2D eigenvalue weighted by atomic mass is 31.2. The van der Waals surface area contributed by atoms with Crippen LogP contribution in [0.1, 0.15) is 20.3 Å². The van der Waals surface area contributed by atoms with Crippen LogP contribution in [0.15, 0.2) is 0 Å². The molecule has 0 bridgehead atoms. The first-order chi connectivity index (χ1) is 4.92. The van der Waals surface area contributed by atoms with Gasteiger partial charge < -0.3 is 9.79 Å². The largest absolute Gasteiger partial charge is 0.413 e. The molecule has 68 valence electrons. The second-order valence-electron chi connectivity index (χ2n) is 2.77. The van der Waals surface area contributed by atoms with Gasteiger partial charge >= 0.3 is 7.75 Å². The summed E-state index contributed by atoms with van der Waals surface area (Å²) in [6.45, 7) is 4.64. The normalized spacial score (nSPS) is 12.5. The Morgan fingerprint density at radius 2 is 2.00 bits per heavy atom. The van der Waals surface area contributed by atoms with Crippen LogP contribution < -0.4 is 10.6 Å². The van der Waals surface area contributed by atoms with Gasteiger partial charge in [0.25, 0.3) is 0 Å². The summed E-state index contributed by atoms with van der Waals surface area (Å²) in [7, 11) is -4.09. The van der Waals surface area contributed by atoms with Gasteiger partial charge in [-0.2, -0.15) is 5.20 Å². The van der Waals surface area contributed by atoms with E-state index in [4.69, 9.17) is 9.79 Å². The first-order valence-corrected chi connectivity index (χ1v) is 5.09. The molecule has 0 saturated heterocycles. The fourth-order valence-electron chi connectivity index (χ4n) is 0.520. The molecule has 11 heavy (non-hydrogen) atoms. The molecule has 0 rings (SSSR count). The van der Waals surface area contributed by atoms with Crippen LogP contribution in [-0.2, 0) is 4.57 Å². The predicted octanol–water partition coefficient (Wildman–Crippen LogP) is 0.219. The zero-order chi connectivity index (χ0) is 8.91. The second-order valence-corrected chi connectivity index (χ2v) is 4.08. The average Bonchev–Trinajstić information content (AvgIpc) is 1.78. The Labute approximate surface area is 66.4 Å². The van der Waals surface area contributed by atoms with Gasteiger partial charge in [-0.1, -0.05) is 13.8 Å². The van der Waals surface area contributed by atoms with Crippen LogP contribution in [-0.4, -0.2) is 16.3 Å². The third-order valence-corrected chi connectivity index (χ3v) is 1.52. The van der Waals surface area contributed by atoms with E-state index in [2.05, 4.69) is 5.43 Å². The molecule has 0 aromatic heterocycles. The molecular weight excluding hydrogens is 167 g/mol. The Hall–Kier alpha value is 0.0700. The quantitative estimate of drug-likeness (QED) is 0.278.